The maximum absolute atomic E-state index is 5.91. The highest BCUT2D eigenvalue weighted by molar-refractivity contribution is 6.30. The summed E-state index contributed by atoms with van der Waals surface area (Å²) in [5.41, 5.74) is 4.05. The third kappa shape index (κ3) is 4.10. The van der Waals surface area contributed by atoms with E-state index in [9.17, 15) is 0 Å². The molecule has 1 N–H and O–H groups in total. The highest BCUT2D eigenvalue weighted by atomic mass is 35.5. The Kier molecular flexibility index (Phi) is 6.01. The first-order valence-corrected chi connectivity index (χ1v) is 7.10. The van der Waals surface area contributed by atoms with Crippen LogP contribution in [0.1, 0.15) is 11.3 Å². The van der Waals surface area contributed by atoms with Crippen LogP contribution in [-0.2, 0) is 18.0 Å². The summed E-state index contributed by atoms with van der Waals surface area (Å²) in [6.45, 7) is 1.08. The molecule has 0 amide bonds. The van der Waals surface area contributed by atoms with Crippen molar-refractivity contribution in [2.75, 3.05) is 0 Å². The average Bonchev–Trinajstić information content (AvgIpc) is 2.98. The monoisotopic (exact) mass is 334 g/mol. The Labute approximate surface area is 140 Å². The van der Waals surface area contributed by atoms with Crippen LogP contribution in [0.5, 0.6) is 0 Å². The fourth-order valence-corrected chi connectivity index (χ4v) is 2.26. The Morgan fingerprint density at radius 1 is 0.955 bits per heavy atom. The molecular weight excluding hydrogens is 319 g/mol. The minimum absolute atomic E-state index is 0. The van der Waals surface area contributed by atoms with Gasteiger partial charge in [-0.15, -0.1) is 12.4 Å². The molecule has 0 saturated carbocycles. The number of benzene rings is 2. The average molecular weight is 335 g/mol. The third-order valence-electron chi connectivity index (χ3n) is 3.19. The second kappa shape index (κ2) is 7.99. The number of H-pyrrole nitrogens is 1. The number of hydrogen-bond donors (Lipinski definition) is 1. The van der Waals surface area contributed by atoms with Gasteiger partial charge >= 0.3 is 0 Å². The van der Waals surface area contributed by atoms with Crippen molar-refractivity contribution in [1.29, 1.82) is 0 Å². The number of ether oxygens (including phenoxy) is 1. The highest BCUT2D eigenvalue weighted by Crippen LogP contribution is 2.23. The predicted molar refractivity (Wildman–Crippen MR) is 91.2 cm³/mol. The molecule has 3 aromatic rings. The van der Waals surface area contributed by atoms with Gasteiger partial charge in [0, 0.05) is 10.6 Å². The molecule has 0 aliphatic rings. The SMILES string of the molecule is Cl.Clc1ccc(-c2nc[nH]c2COCc2ccccc2)cc1. The summed E-state index contributed by atoms with van der Waals surface area (Å²) in [7, 11) is 0. The van der Waals surface area contributed by atoms with E-state index >= 15 is 0 Å². The lowest BCUT2D eigenvalue weighted by atomic mass is 10.1. The standard InChI is InChI=1S/C17H15ClN2O.ClH/c18-15-8-6-14(7-9-15)17-16(19-12-20-17)11-21-10-13-4-2-1-3-5-13;/h1-9,12H,10-11H2,(H,19,20);1H. The van der Waals surface area contributed by atoms with Gasteiger partial charge in [0.05, 0.1) is 30.9 Å². The van der Waals surface area contributed by atoms with Crippen LogP contribution in [0.4, 0.5) is 0 Å². The van der Waals surface area contributed by atoms with Crippen LogP contribution < -0.4 is 0 Å². The molecular formula is C17H16Cl2N2O. The van der Waals surface area contributed by atoms with E-state index in [0.29, 0.717) is 13.2 Å². The van der Waals surface area contributed by atoms with Crippen LogP contribution in [0.25, 0.3) is 11.3 Å². The molecule has 3 nitrogen and oxygen atoms in total. The molecule has 0 saturated heterocycles. The van der Waals surface area contributed by atoms with Crippen LogP contribution in [-0.4, -0.2) is 9.97 Å². The van der Waals surface area contributed by atoms with E-state index in [-0.39, 0.29) is 12.4 Å². The van der Waals surface area contributed by atoms with Crippen LogP contribution in [0.15, 0.2) is 60.9 Å². The lowest BCUT2D eigenvalue weighted by molar-refractivity contribution is 0.105. The Hall–Kier alpha value is -1.81. The van der Waals surface area contributed by atoms with Gasteiger partial charge in [-0.2, -0.15) is 0 Å². The zero-order valence-corrected chi connectivity index (χ0v) is 13.4. The molecule has 22 heavy (non-hydrogen) atoms. The van der Waals surface area contributed by atoms with E-state index in [1.165, 1.54) is 0 Å². The quantitative estimate of drug-likeness (QED) is 0.722. The van der Waals surface area contributed by atoms with Gasteiger partial charge in [-0.25, -0.2) is 4.98 Å². The minimum Gasteiger partial charge on any atom is -0.370 e. The summed E-state index contributed by atoms with van der Waals surface area (Å²) in [6.07, 6.45) is 1.69. The lowest BCUT2D eigenvalue weighted by Crippen LogP contribution is -1.96. The number of nitrogens with zero attached hydrogens (tertiary/aromatic N) is 1. The van der Waals surface area contributed by atoms with E-state index in [2.05, 4.69) is 9.97 Å². The van der Waals surface area contributed by atoms with Gasteiger partial charge < -0.3 is 9.72 Å². The van der Waals surface area contributed by atoms with E-state index in [1.807, 2.05) is 54.6 Å². The first kappa shape index (κ1) is 16.6. The molecule has 0 aliphatic heterocycles. The Morgan fingerprint density at radius 3 is 2.41 bits per heavy atom. The molecule has 0 bridgehead atoms. The van der Waals surface area contributed by atoms with E-state index in [1.54, 1.807) is 6.33 Å². The lowest BCUT2D eigenvalue weighted by Gasteiger charge is -2.05. The zero-order valence-electron chi connectivity index (χ0n) is 11.8. The van der Waals surface area contributed by atoms with Gasteiger partial charge in [-0.1, -0.05) is 54.1 Å². The molecule has 0 radical (unpaired) electrons. The van der Waals surface area contributed by atoms with Gasteiger partial charge in [-0.3, -0.25) is 0 Å². The van der Waals surface area contributed by atoms with Crippen molar-refractivity contribution in [3.05, 3.63) is 77.2 Å². The fourth-order valence-electron chi connectivity index (χ4n) is 2.13. The van der Waals surface area contributed by atoms with Gasteiger partial charge in [0.15, 0.2) is 0 Å². The maximum atomic E-state index is 5.91. The number of aromatic amines is 1. The molecule has 1 heterocycles. The second-order valence-electron chi connectivity index (χ2n) is 4.71. The number of rotatable bonds is 5. The number of hydrogen-bond acceptors (Lipinski definition) is 2. The molecule has 0 spiro atoms. The molecule has 2 aromatic carbocycles. The number of nitrogens with one attached hydrogen (secondary N) is 1. The molecule has 0 unspecified atom stereocenters. The van der Waals surface area contributed by atoms with Crippen molar-refractivity contribution in [2.24, 2.45) is 0 Å². The second-order valence-corrected chi connectivity index (χ2v) is 5.15. The van der Waals surface area contributed by atoms with Crippen molar-refractivity contribution >= 4 is 24.0 Å². The molecule has 1 aromatic heterocycles. The van der Waals surface area contributed by atoms with Crippen LogP contribution in [0, 0.1) is 0 Å². The summed E-state index contributed by atoms with van der Waals surface area (Å²) in [6, 6.07) is 17.7. The van der Waals surface area contributed by atoms with Gasteiger partial charge in [0.1, 0.15) is 0 Å². The van der Waals surface area contributed by atoms with Crippen LogP contribution >= 0.6 is 24.0 Å². The van der Waals surface area contributed by atoms with Crippen molar-refractivity contribution in [3.63, 3.8) is 0 Å². The van der Waals surface area contributed by atoms with Crippen molar-refractivity contribution in [3.8, 4) is 11.3 Å². The fraction of sp³-hybridized carbons (Fsp3) is 0.118. The Bertz CT molecular complexity index is 696. The highest BCUT2D eigenvalue weighted by Gasteiger charge is 2.08. The summed E-state index contributed by atoms with van der Waals surface area (Å²) in [5.74, 6) is 0. The number of aromatic nitrogens is 2. The topological polar surface area (TPSA) is 37.9 Å². The van der Waals surface area contributed by atoms with Crippen LogP contribution in [0.2, 0.25) is 5.02 Å². The molecule has 0 fully saturated rings. The van der Waals surface area contributed by atoms with E-state index in [0.717, 1.165) is 27.5 Å². The van der Waals surface area contributed by atoms with Gasteiger partial charge in [0.2, 0.25) is 0 Å². The summed E-state index contributed by atoms with van der Waals surface area (Å²) in [5, 5.41) is 0.719. The number of imidazole rings is 1. The van der Waals surface area contributed by atoms with Gasteiger partial charge in [0.25, 0.3) is 0 Å². The van der Waals surface area contributed by atoms with E-state index < -0.39 is 0 Å². The molecule has 114 valence electrons. The summed E-state index contributed by atoms with van der Waals surface area (Å²) < 4.78 is 5.75. The third-order valence-corrected chi connectivity index (χ3v) is 3.45. The van der Waals surface area contributed by atoms with Crippen molar-refractivity contribution in [2.45, 2.75) is 13.2 Å². The Balaban J connectivity index is 0.00000176. The molecule has 3 rings (SSSR count). The predicted octanol–water partition coefficient (Wildman–Crippen LogP) is 4.87. The summed E-state index contributed by atoms with van der Waals surface area (Å²) in [4.78, 5) is 7.50. The molecule has 5 heteroatoms. The normalized spacial score (nSPS) is 10.2. The number of halogens is 2. The summed E-state index contributed by atoms with van der Waals surface area (Å²) >= 11 is 5.91. The molecule has 0 atom stereocenters. The first-order chi connectivity index (χ1) is 10.3. The van der Waals surface area contributed by atoms with Gasteiger partial charge in [-0.05, 0) is 17.7 Å². The minimum atomic E-state index is 0. The maximum Gasteiger partial charge on any atom is 0.0936 e. The van der Waals surface area contributed by atoms with E-state index in [4.69, 9.17) is 16.3 Å². The Morgan fingerprint density at radius 2 is 1.68 bits per heavy atom. The van der Waals surface area contributed by atoms with Crippen LogP contribution in [0.3, 0.4) is 0 Å². The zero-order chi connectivity index (χ0) is 14.5. The van der Waals surface area contributed by atoms with Crippen molar-refractivity contribution < 1.29 is 4.74 Å². The first-order valence-electron chi connectivity index (χ1n) is 6.73. The molecule has 0 aliphatic carbocycles. The largest absolute Gasteiger partial charge is 0.370 e. The van der Waals surface area contributed by atoms with Crippen molar-refractivity contribution in [1.82, 2.24) is 9.97 Å². The smallest absolute Gasteiger partial charge is 0.0936 e.